The number of hydrogen-bond donors (Lipinski definition) is 1. The normalized spacial score (nSPS) is 22.1. The number of amides is 1. The van der Waals surface area contributed by atoms with Crippen molar-refractivity contribution in [1.29, 1.82) is 0 Å². The molecular formula is C17H23NO3. The van der Waals surface area contributed by atoms with Gasteiger partial charge in [0.2, 0.25) is 5.91 Å². The predicted octanol–water partition coefficient (Wildman–Crippen LogP) is 2.93. The van der Waals surface area contributed by atoms with E-state index in [1.54, 1.807) is 4.90 Å². The fourth-order valence-corrected chi connectivity index (χ4v) is 3.10. The lowest BCUT2D eigenvalue weighted by atomic mass is 9.89. The van der Waals surface area contributed by atoms with Gasteiger partial charge in [-0.25, -0.2) is 0 Å². The van der Waals surface area contributed by atoms with Crippen molar-refractivity contribution in [3.8, 4) is 0 Å². The average molecular weight is 289 g/mol. The highest BCUT2D eigenvalue weighted by Crippen LogP contribution is 2.40. The van der Waals surface area contributed by atoms with Gasteiger partial charge in [-0.1, -0.05) is 32.0 Å². The largest absolute Gasteiger partial charge is 0.481 e. The minimum Gasteiger partial charge on any atom is -0.481 e. The average Bonchev–Trinajstić information content (AvgIpc) is 2.70. The van der Waals surface area contributed by atoms with Crippen LogP contribution < -0.4 is 0 Å². The Hall–Kier alpha value is -1.84. The molecule has 1 aromatic carbocycles. The molecule has 1 aliphatic heterocycles. The van der Waals surface area contributed by atoms with Crippen LogP contribution in [0, 0.1) is 25.7 Å². The maximum absolute atomic E-state index is 12.3. The first-order valence-corrected chi connectivity index (χ1v) is 7.41. The Morgan fingerprint density at radius 1 is 1.38 bits per heavy atom. The standard InChI is InChI=1S/C17H23NO3/c1-10(2)9-18-15(19)8-14(17(20)21)16(18)13-7-5-6-11(3)12(13)4/h5-7,10,14,16H,8-9H2,1-4H3,(H,20,21). The van der Waals surface area contributed by atoms with Gasteiger partial charge in [0.15, 0.2) is 0 Å². The summed E-state index contributed by atoms with van der Waals surface area (Å²) >= 11 is 0. The van der Waals surface area contributed by atoms with Crippen molar-refractivity contribution >= 4 is 11.9 Å². The van der Waals surface area contributed by atoms with Gasteiger partial charge >= 0.3 is 5.97 Å². The van der Waals surface area contributed by atoms with Gasteiger partial charge in [-0.2, -0.15) is 0 Å². The third-order valence-corrected chi connectivity index (χ3v) is 4.28. The van der Waals surface area contributed by atoms with E-state index in [1.165, 1.54) is 0 Å². The Morgan fingerprint density at radius 3 is 2.62 bits per heavy atom. The van der Waals surface area contributed by atoms with Crippen LogP contribution in [0.1, 0.15) is 43.0 Å². The zero-order valence-electron chi connectivity index (χ0n) is 13.1. The minimum atomic E-state index is -0.888. The molecule has 1 heterocycles. The lowest BCUT2D eigenvalue weighted by Gasteiger charge is -2.30. The van der Waals surface area contributed by atoms with E-state index in [-0.39, 0.29) is 18.4 Å². The van der Waals surface area contributed by atoms with Gasteiger partial charge in [-0.15, -0.1) is 0 Å². The quantitative estimate of drug-likeness (QED) is 0.927. The van der Waals surface area contributed by atoms with E-state index in [9.17, 15) is 14.7 Å². The lowest BCUT2D eigenvalue weighted by Crippen LogP contribution is -2.34. The molecule has 0 aliphatic carbocycles. The second-order valence-corrected chi connectivity index (χ2v) is 6.32. The van der Waals surface area contributed by atoms with Crippen molar-refractivity contribution in [2.75, 3.05) is 6.54 Å². The second kappa shape index (κ2) is 5.88. The molecule has 1 saturated heterocycles. The molecule has 1 aromatic rings. The van der Waals surface area contributed by atoms with E-state index in [0.29, 0.717) is 12.5 Å². The van der Waals surface area contributed by atoms with Crippen LogP contribution in [0.5, 0.6) is 0 Å². The SMILES string of the molecule is Cc1cccc(C2C(C(=O)O)CC(=O)N2CC(C)C)c1C. The number of benzene rings is 1. The van der Waals surface area contributed by atoms with E-state index in [4.69, 9.17) is 0 Å². The van der Waals surface area contributed by atoms with Crippen LogP contribution in [0.4, 0.5) is 0 Å². The van der Waals surface area contributed by atoms with Crippen LogP contribution >= 0.6 is 0 Å². The Balaban J connectivity index is 2.49. The van der Waals surface area contributed by atoms with Crippen molar-refractivity contribution < 1.29 is 14.7 Å². The number of carbonyl (C=O) groups excluding carboxylic acids is 1. The molecule has 0 radical (unpaired) electrons. The molecule has 114 valence electrons. The summed E-state index contributed by atoms with van der Waals surface area (Å²) in [5, 5.41) is 9.50. The fourth-order valence-electron chi connectivity index (χ4n) is 3.10. The Labute approximate surface area is 125 Å². The topological polar surface area (TPSA) is 57.6 Å². The van der Waals surface area contributed by atoms with Crippen molar-refractivity contribution in [2.45, 2.75) is 40.2 Å². The molecule has 0 bridgehead atoms. The van der Waals surface area contributed by atoms with Crippen LogP contribution in [-0.2, 0) is 9.59 Å². The molecule has 2 unspecified atom stereocenters. The maximum atomic E-state index is 12.3. The molecule has 0 saturated carbocycles. The van der Waals surface area contributed by atoms with Crippen LogP contribution in [0.2, 0.25) is 0 Å². The van der Waals surface area contributed by atoms with Crippen LogP contribution in [0.25, 0.3) is 0 Å². The van der Waals surface area contributed by atoms with Crippen molar-refractivity contribution in [3.05, 3.63) is 34.9 Å². The van der Waals surface area contributed by atoms with Gasteiger partial charge < -0.3 is 10.0 Å². The van der Waals surface area contributed by atoms with Gasteiger partial charge in [0.1, 0.15) is 0 Å². The first-order chi connectivity index (χ1) is 9.82. The Morgan fingerprint density at radius 2 is 2.05 bits per heavy atom. The molecule has 21 heavy (non-hydrogen) atoms. The zero-order valence-corrected chi connectivity index (χ0v) is 13.1. The minimum absolute atomic E-state index is 0.0537. The highest BCUT2D eigenvalue weighted by Gasteiger charge is 2.45. The number of aryl methyl sites for hydroxylation is 1. The number of carboxylic acids is 1. The van der Waals surface area contributed by atoms with Crippen LogP contribution in [0.3, 0.4) is 0 Å². The number of nitrogens with zero attached hydrogens (tertiary/aromatic N) is 1. The molecule has 1 fully saturated rings. The summed E-state index contributed by atoms with van der Waals surface area (Å²) in [5.74, 6) is -1.28. The summed E-state index contributed by atoms with van der Waals surface area (Å²) in [5.41, 5.74) is 3.17. The monoisotopic (exact) mass is 289 g/mol. The van der Waals surface area contributed by atoms with E-state index in [1.807, 2.05) is 45.9 Å². The van der Waals surface area contributed by atoms with E-state index in [0.717, 1.165) is 16.7 Å². The number of rotatable bonds is 4. The number of likely N-dealkylation sites (tertiary alicyclic amines) is 1. The summed E-state index contributed by atoms with van der Waals surface area (Å²) in [6, 6.07) is 5.55. The first kappa shape index (κ1) is 15.5. The number of carboxylic acid groups (broad SMARTS) is 1. The number of hydrogen-bond acceptors (Lipinski definition) is 2. The van der Waals surface area contributed by atoms with Gasteiger partial charge in [-0.05, 0) is 36.5 Å². The summed E-state index contributed by atoms with van der Waals surface area (Å²) in [6.07, 6.45) is 0.0973. The molecular weight excluding hydrogens is 266 g/mol. The molecule has 1 amide bonds. The van der Waals surface area contributed by atoms with Gasteiger partial charge in [0, 0.05) is 13.0 Å². The second-order valence-electron chi connectivity index (χ2n) is 6.32. The molecule has 0 aromatic heterocycles. The first-order valence-electron chi connectivity index (χ1n) is 7.41. The number of aliphatic carboxylic acids is 1. The smallest absolute Gasteiger partial charge is 0.309 e. The van der Waals surface area contributed by atoms with Gasteiger partial charge in [-0.3, -0.25) is 9.59 Å². The molecule has 1 aliphatic rings. The summed E-state index contributed by atoms with van der Waals surface area (Å²) < 4.78 is 0. The third-order valence-electron chi connectivity index (χ3n) is 4.28. The van der Waals surface area contributed by atoms with Crippen molar-refractivity contribution in [2.24, 2.45) is 11.8 Å². The molecule has 1 N–H and O–H groups in total. The summed E-state index contributed by atoms with van der Waals surface area (Å²) in [4.78, 5) is 25.6. The molecule has 4 heteroatoms. The Bertz CT molecular complexity index is 565. The third kappa shape index (κ3) is 2.94. The maximum Gasteiger partial charge on any atom is 0.309 e. The van der Waals surface area contributed by atoms with E-state index < -0.39 is 11.9 Å². The molecule has 0 spiro atoms. The number of carbonyl (C=O) groups is 2. The highest BCUT2D eigenvalue weighted by atomic mass is 16.4. The van der Waals surface area contributed by atoms with Crippen molar-refractivity contribution in [3.63, 3.8) is 0 Å². The van der Waals surface area contributed by atoms with E-state index in [2.05, 4.69) is 0 Å². The van der Waals surface area contributed by atoms with Gasteiger partial charge in [0.05, 0.1) is 12.0 Å². The summed E-state index contributed by atoms with van der Waals surface area (Å²) in [6.45, 7) is 8.70. The van der Waals surface area contributed by atoms with Crippen LogP contribution in [0.15, 0.2) is 18.2 Å². The summed E-state index contributed by atoms with van der Waals surface area (Å²) in [7, 11) is 0. The lowest BCUT2D eigenvalue weighted by molar-refractivity contribution is -0.142. The Kier molecular flexibility index (Phi) is 4.35. The predicted molar refractivity (Wildman–Crippen MR) is 81.0 cm³/mol. The van der Waals surface area contributed by atoms with Gasteiger partial charge in [0.25, 0.3) is 0 Å². The highest BCUT2D eigenvalue weighted by molar-refractivity contribution is 5.87. The van der Waals surface area contributed by atoms with Crippen molar-refractivity contribution in [1.82, 2.24) is 4.90 Å². The molecule has 2 atom stereocenters. The van der Waals surface area contributed by atoms with E-state index >= 15 is 0 Å². The molecule has 4 nitrogen and oxygen atoms in total. The van der Waals surface area contributed by atoms with Crippen LogP contribution in [-0.4, -0.2) is 28.4 Å². The zero-order chi connectivity index (χ0) is 15.7. The molecule has 2 rings (SSSR count). The fraction of sp³-hybridized carbons (Fsp3) is 0.529.